The van der Waals surface area contributed by atoms with Crippen molar-refractivity contribution in [2.75, 3.05) is 0 Å². The molecule has 0 radical (unpaired) electrons. The van der Waals surface area contributed by atoms with Crippen molar-refractivity contribution in [3.8, 4) is 11.3 Å². The number of Topliss-reactive ketones (excluding diaryl/α,β-unsaturated/α-hetero) is 1. The van der Waals surface area contributed by atoms with Crippen LogP contribution in [0, 0.1) is 46.3 Å². The van der Waals surface area contributed by atoms with Gasteiger partial charge in [-0.2, -0.15) is 4.80 Å². The Morgan fingerprint density at radius 2 is 2.17 bits per heavy atom. The Balaban J connectivity index is 1.34. The van der Waals surface area contributed by atoms with Crippen LogP contribution in [0.1, 0.15) is 58.3 Å². The first-order valence-corrected chi connectivity index (χ1v) is 11.6. The number of carbonyl (C=O) groups is 1. The summed E-state index contributed by atoms with van der Waals surface area (Å²) in [6.07, 6.45) is 11.5. The minimum atomic E-state index is -0.958. The minimum absolute atomic E-state index is 0.0731. The lowest BCUT2D eigenvalue weighted by molar-refractivity contribution is -0.130. The Morgan fingerprint density at radius 3 is 2.93 bits per heavy atom. The van der Waals surface area contributed by atoms with Crippen LogP contribution in [0.5, 0.6) is 0 Å². The molecule has 5 rings (SSSR count). The molecular weight excluding hydrogens is 400 g/mol. The van der Waals surface area contributed by atoms with Crippen molar-refractivity contribution < 1.29 is 9.90 Å². The van der Waals surface area contributed by atoms with Gasteiger partial charge in [-0.1, -0.05) is 24.5 Å². The van der Waals surface area contributed by atoms with E-state index in [9.17, 15) is 9.90 Å². The third-order valence-electron chi connectivity index (χ3n) is 8.86. The van der Waals surface area contributed by atoms with Gasteiger partial charge in [0.1, 0.15) is 12.1 Å². The highest BCUT2D eigenvalue weighted by Gasteiger charge is 2.57. The lowest BCUT2D eigenvalue weighted by atomic mass is 9.51. The number of carbonyl (C=O) groups excluding carboxylic acids is 1. The van der Waals surface area contributed by atoms with Gasteiger partial charge in [0.15, 0.2) is 12.1 Å². The van der Waals surface area contributed by atoms with Gasteiger partial charge in [-0.3, -0.25) is 4.79 Å². The Bertz CT molecular complexity index is 919. The summed E-state index contributed by atoms with van der Waals surface area (Å²) in [6, 6.07) is 0. The van der Waals surface area contributed by atoms with Crippen LogP contribution in [0.25, 0.3) is 0 Å². The SMILES string of the molecule is CC12CCC3C4CCC(O)(C#CCl)CC4=CCC3C1CCC2C(=O)Cn1ncnn1. The molecule has 1 N–H and O–H groups in total. The lowest BCUT2D eigenvalue weighted by Gasteiger charge is -2.54. The zero-order valence-electron chi connectivity index (χ0n) is 17.4. The minimum Gasteiger partial charge on any atom is -0.377 e. The van der Waals surface area contributed by atoms with Crippen LogP contribution < -0.4 is 0 Å². The molecular formula is C23H29ClN4O2. The summed E-state index contributed by atoms with van der Waals surface area (Å²) in [6.45, 7) is 2.58. The van der Waals surface area contributed by atoms with Gasteiger partial charge in [-0.15, -0.1) is 10.2 Å². The zero-order chi connectivity index (χ0) is 20.9. The predicted octanol–water partition coefficient (Wildman–Crippen LogP) is 3.36. The maximum Gasteiger partial charge on any atom is 0.162 e. The van der Waals surface area contributed by atoms with E-state index in [-0.39, 0.29) is 23.7 Å². The van der Waals surface area contributed by atoms with Crippen LogP contribution >= 0.6 is 11.6 Å². The number of allylic oxidation sites excluding steroid dienone is 1. The molecule has 0 bridgehead atoms. The molecule has 1 aromatic rings. The van der Waals surface area contributed by atoms with Crippen molar-refractivity contribution in [1.29, 1.82) is 0 Å². The summed E-state index contributed by atoms with van der Waals surface area (Å²) in [5.41, 5.74) is 0.500. The lowest BCUT2D eigenvalue weighted by Crippen LogP contribution is -2.48. The van der Waals surface area contributed by atoms with Gasteiger partial charge < -0.3 is 5.11 Å². The maximum absolute atomic E-state index is 13.1. The smallest absolute Gasteiger partial charge is 0.162 e. The fraction of sp³-hybridized carbons (Fsp3) is 0.739. The Hall–Kier alpha value is -1.71. The summed E-state index contributed by atoms with van der Waals surface area (Å²) in [5, 5.41) is 24.8. The number of nitrogens with zero attached hydrogens (tertiary/aromatic N) is 4. The van der Waals surface area contributed by atoms with E-state index in [0.29, 0.717) is 36.5 Å². The van der Waals surface area contributed by atoms with Crippen LogP contribution in [0.2, 0.25) is 0 Å². The van der Waals surface area contributed by atoms with Crippen LogP contribution in [-0.2, 0) is 11.3 Å². The molecule has 7 heteroatoms. The third kappa shape index (κ3) is 3.22. The molecule has 3 fully saturated rings. The largest absolute Gasteiger partial charge is 0.377 e. The molecule has 6 nitrogen and oxygen atoms in total. The predicted molar refractivity (Wildman–Crippen MR) is 112 cm³/mol. The van der Waals surface area contributed by atoms with Crippen molar-refractivity contribution in [2.24, 2.45) is 35.0 Å². The number of hydrogen-bond donors (Lipinski definition) is 1. The molecule has 30 heavy (non-hydrogen) atoms. The fourth-order valence-electron chi connectivity index (χ4n) is 7.53. The second-order valence-corrected chi connectivity index (χ2v) is 10.3. The van der Waals surface area contributed by atoms with Gasteiger partial charge >= 0.3 is 0 Å². The number of fused-ring (bicyclic) bond motifs is 5. The van der Waals surface area contributed by atoms with Crippen molar-refractivity contribution in [2.45, 2.75) is 70.4 Å². The van der Waals surface area contributed by atoms with Crippen LogP contribution in [0.4, 0.5) is 0 Å². The first kappa shape index (κ1) is 20.2. The molecule has 0 aliphatic heterocycles. The summed E-state index contributed by atoms with van der Waals surface area (Å²) < 4.78 is 0. The highest BCUT2D eigenvalue weighted by atomic mass is 35.5. The van der Waals surface area contributed by atoms with E-state index in [2.05, 4.69) is 39.7 Å². The average Bonchev–Trinajstić information content (AvgIpc) is 3.34. The average molecular weight is 429 g/mol. The normalized spacial score (nSPS) is 42.2. The first-order chi connectivity index (χ1) is 14.4. The Morgan fingerprint density at radius 1 is 1.30 bits per heavy atom. The van der Waals surface area contributed by atoms with Crippen molar-refractivity contribution in [3.05, 3.63) is 18.0 Å². The number of aromatic nitrogens is 4. The van der Waals surface area contributed by atoms with Crippen molar-refractivity contribution >= 4 is 17.4 Å². The van der Waals surface area contributed by atoms with Crippen LogP contribution in [0.3, 0.4) is 0 Å². The molecule has 0 saturated heterocycles. The number of aliphatic hydroxyl groups is 1. The monoisotopic (exact) mass is 428 g/mol. The summed E-state index contributed by atoms with van der Waals surface area (Å²) in [4.78, 5) is 14.5. The number of halogens is 1. The Labute approximate surface area is 182 Å². The summed E-state index contributed by atoms with van der Waals surface area (Å²) >= 11 is 5.59. The molecule has 3 saturated carbocycles. The third-order valence-corrected chi connectivity index (χ3v) is 8.96. The molecule has 0 spiro atoms. The highest BCUT2D eigenvalue weighted by molar-refractivity contribution is 6.30. The maximum atomic E-state index is 13.1. The van der Waals surface area contributed by atoms with E-state index in [1.807, 2.05) is 0 Å². The number of hydrogen-bond acceptors (Lipinski definition) is 5. The van der Waals surface area contributed by atoms with Gasteiger partial charge in [0.2, 0.25) is 0 Å². The molecule has 7 atom stereocenters. The molecule has 4 aliphatic carbocycles. The molecule has 7 unspecified atom stereocenters. The van der Waals surface area contributed by atoms with Gasteiger partial charge in [-0.25, -0.2) is 0 Å². The second-order valence-electron chi connectivity index (χ2n) is 10.1. The zero-order valence-corrected chi connectivity index (χ0v) is 18.2. The Kier molecular flexibility index (Phi) is 5.02. The standard InChI is InChI=1S/C23H29ClN4O2/c1-22-8-6-17-16-7-9-23(30,10-11-24)12-15(16)2-3-18(17)19(22)4-5-20(22)21(29)13-28-26-14-25-27-28/h2,14,16-20,30H,3-9,12-13H2,1H3. The quantitative estimate of drug-likeness (QED) is 0.589. The summed E-state index contributed by atoms with van der Waals surface area (Å²) in [7, 11) is 0. The van der Waals surface area contributed by atoms with E-state index >= 15 is 0 Å². The molecule has 0 amide bonds. The van der Waals surface area contributed by atoms with E-state index < -0.39 is 5.60 Å². The van der Waals surface area contributed by atoms with Crippen molar-refractivity contribution in [1.82, 2.24) is 20.2 Å². The van der Waals surface area contributed by atoms with Gasteiger partial charge in [-0.05, 0) is 90.8 Å². The van der Waals surface area contributed by atoms with Crippen LogP contribution in [-0.4, -0.2) is 36.7 Å². The number of ketones is 1. The topological polar surface area (TPSA) is 80.9 Å². The van der Waals surface area contributed by atoms with E-state index in [0.717, 1.165) is 32.1 Å². The number of tetrazole rings is 1. The van der Waals surface area contributed by atoms with E-state index in [1.165, 1.54) is 23.1 Å². The van der Waals surface area contributed by atoms with Gasteiger partial charge in [0, 0.05) is 17.7 Å². The molecule has 1 aromatic heterocycles. The van der Waals surface area contributed by atoms with Gasteiger partial charge in [0.05, 0.1) is 0 Å². The van der Waals surface area contributed by atoms with Crippen LogP contribution in [0.15, 0.2) is 18.0 Å². The van der Waals surface area contributed by atoms with E-state index in [4.69, 9.17) is 11.6 Å². The highest BCUT2D eigenvalue weighted by Crippen LogP contribution is 2.63. The molecule has 4 aliphatic rings. The molecule has 0 aromatic carbocycles. The first-order valence-electron chi connectivity index (χ1n) is 11.2. The van der Waals surface area contributed by atoms with E-state index in [1.54, 1.807) is 0 Å². The summed E-state index contributed by atoms with van der Waals surface area (Å²) in [5.74, 6) is 5.63. The molecule has 160 valence electrons. The molecule has 1 heterocycles. The van der Waals surface area contributed by atoms with Gasteiger partial charge in [0.25, 0.3) is 0 Å². The second kappa shape index (κ2) is 7.46. The number of rotatable bonds is 3. The van der Waals surface area contributed by atoms with Crippen molar-refractivity contribution in [3.63, 3.8) is 0 Å². The fourth-order valence-corrected chi connectivity index (χ4v) is 7.70.